The van der Waals surface area contributed by atoms with E-state index in [0.29, 0.717) is 6.61 Å². The first-order valence-corrected chi connectivity index (χ1v) is 8.16. The van der Waals surface area contributed by atoms with Crippen LogP contribution in [0.3, 0.4) is 0 Å². The molecular weight excluding hydrogens is 300 g/mol. The quantitative estimate of drug-likeness (QED) is 0.687. The van der Waals surface area contributed by atoms with Crippen LogP contribution in [0.25, 0.3) is 10.9 Å². The zero-order valence-corrected chi connectivity index (χ0v) is 14.3. The minimum atomic E-state index is 0.697. The largest absolute Gasteiger partial charge is 0.494 e. The van der Waals surface area contributed by atoms with Gasteiger partial charge in [0, 0.05) is 16.8 Å². The van der Waals surface area contributed by atoms with Crippen LogP contribution in [0.15, 0.2) is 48.5 Å². The fourth-order valence-electron chi connectivity index (χ4n) is 2.67. The number of benzene rings is 2. The van der Waals surface area contributed by atoms with Gasteiger partial charge in [0.25, 0.3) is 0 Å². The predicted molar refractivity (Wildman–Crippen MR) is 98.5 cm³/mol. The summed E-state index contributed by atoms with van der Waals surface area (Å²) in [4.78, 5) is 4.62. The van der Waals surface area contributed by atoms with Gasteiger partial charge in [-0.05, 0) is 37.6 Å². The van der Waals surface area contributed by atoms with Gasteiger partial charge in [-0.3, -0.25) is 0 Å². The SMILES string of the molecule is CCCOc1ccccc1Nc1cc(C)nc2c(OC)cccc12. The van der Waals surface area contributed by atoms with E-state index in [1.54, 1.807) is 7.11 Å². The molecule has 0 fully saturated rings. The number of pyridine rings is 1. The first-order valence-electron chi connectivity index (χ1n) is 8.16. The topological polar surface area (TPSA) is 43.4 Å². The predicted octanol–water partition coefficient (Wildman–Crippen LogP) is 5.08. The van der Waals surface area contributed by atoms with Crippen LogP contribution < -0.4 is 14.8 Å². The molecule has 4 heteroatoms. The maximum absolute atomic E-state index is 5.84. The first-order chi connectivity index (χ1) is 11.7. The van der Waals surface area contributed by atoms with Gasteiger partial charge in [0.05, 0.1) is 19.4 Å². The summed E-state index contributed by atoms with van der Waals surface area (Å²) in [7, 11) is 1.67. The molecule has 0 aliphatic heterocycles. The van der Waals surface area contributed by atoms with Crippen molar-refractivity contribution in [3.63, 3.8) is 0 Å². The van der Waals surface area contributed by atoms with Crippen LogP contribution in [-0.2, 0) is 0 Å². The van der Waals surface area contributed by atoms with Crippen LogP contribution in [0.2, 0.25) is 0 Å². The number of aromatic nitrogens is 1. The summed E-state index contributed by atoms with van der Waals surface area (Å²) in [6.45, 7) is 4.78. The van der Waals surface area contributed by atoms with Gasteiger partial charge < -0.3 is 14.8 Å². The van der Waals surface area contributed by atoms with E-state index in [4.69, 9.17) is 9.47 Å². The number of hydrogen-bond acceptors (Lipinski definition) is 4. The van der Waals surface area contributed by atoms with Crippen LogP contribution in [0, 0.1) is 6.92 Å². The Morgan fingerprint density at radius 3 is 2.58 bits per heavy atom. The van der Waals surface area contributed by atoms with Crippen molar-refractivity contribution in [2.75, 3.05) is 19.0 Å². The number of nitrogens with zero attached hydrogens (tertiary/aromatic N) is 1. The molecule has 24 heavy (non-hydrogen) atoms. The Bertz CT molecular complexity index is 846. The lowest BCUT2D eigenvalue weighted by molar-refractivity contribution is 0.319. The summed E-state index contributed by atoms with van der Waals surface area (Å²) >= 11 is 0. The normalized spacial score (nSPS) is 10.6. The molecular formula is C20H22N2O2. The fourth-order valence-corrected chi connectivity index (χ4v) is 2.67. The lowest BCUT2D eigenvalue weighted by atomic mass is 10.1. The molecule has 1 aromatic heterocycles. The van der Waals surface area contributed by atoms with E-state index in [9.17, 15) is 0 Å². The number of methoxy groups -OCH3 is 1. The molecule has 0 atom stereocenters. The van der Waals surface area contributed by atoms with Crippen molar-refractivity contribution in [2.45, 2.75) is 20.3 Å². The minimum Gasteiger partial charge on any atom is -0.494 e. The molecule has 0 aliphatic rings. The summed E-state index contributed by atoms with van der Waals surface area (Å²) in [5, 5.41) is 4.51. The standard InChI is InChI=1S/C20H22N2O2/c1-4-12-24-18-10-6-5-9-16(18)22-17-13-14(2)21-20-15(17)8-7-11-19(20)23-3/h5-11,13H,4,12H2,1-3H3,(H,21,22). The molecule has 0 amide bonds. The van der Waals surface area contributed by atoms with Gasteiger partial charge in [0.15, 0.2) is 0 Å². The molecule has 4 nitrogen and oxygen atoms in total. The van der Waals surface area contributed by atoms with E-state index in [0.717, 1.165) is 45.9 Å². The van der Waals surface area contributed by atoms with Crippen LogP contribution in [0.4, 0.5) is 11.4 Å². The average molecular weight is 322 g/mol. The van der Waals surface area contributed by atoms with Crippen molar-refractivity contribution in [3.8, 4) is 11.5 Å². The molecule has 0 saturated heterocycles. The third-order valence-electron chi connectivity index (χ3n) is 3.77. The molecule has 1 heterocycles. The maximum Gasteiger partial charge on any atom is 0.145 e. The molecule has 0 spiro atoms. The number of anilines is 2. The van der Waals surface area contributed by atoms with Crippen LogP contribution >= 0.6 is 0 Å². The van der Waals surface area contributed by atoms with Gasteiger partial charge in [0.2, 0.25) is 0 Å². The molecule has 0 aliphatic carbocycles. The Morgan fingerprint density at radius 1 is 1.00 bits per heavy atom. The number of hydrogen-bond donors (Lipinski definition) is 1. The van der Waals surface area contributed by atoms with E-state index >= 15 is 0 Å². The highest BCUT2D eigenvalue weighted by Gasteiger charge is 2.10. The Hall–Kier alpha value is -2.75. The molecule has 124 valence electrons. The monoisotopic (exact) mass is 322 g/mol. The summed E-state index contributed by atoms with van der Waals surface area (Å²) in [5.41, 5.74) is 3.72. The van der Waals surface area contributed by atoms with E-state index in [1.807, 2.05) is 55.5 Å². The molecule has 0 bridgehead atoms. The third-order valence-corrected chi connectivity index (χ3v) is 3.77. The molecule has 0 unspecified atom stereocenters. The van der Waals surface area contributed by atoms with Crippen LogP contribution in [-0.4, -0.2) is 18.7 Å². The Labute approximate surface area is 142 Å². The van der Waals surface area contributed by atoms with Gasteiger partial charge in [-0.1, -0.05) is 31.2 Å². The molecule has 2 aromatic carbocycles. The molecule has 3 rings (SSSR count). The summed E-state index contributed by atoms with van der Waals surface area (Å²) < 4.78 is 11.3. The summed E-state index contributed by atoms with van der Waals surface area (Å²) in [5.74, 6) is 1.62. The molecule has 0 radical (unpaired) electrons. The second-order valence-corrected chi connectivity index (χ2v) is 5.64. The molecule has 1 N–H and O–H groups in total. The van der Waals surface area contributed by atoms with E-state index < -0.39 is 0 Å². The Morgan fingerprint density at radius 2 is 1.79 bits per heavy atom. The van der Waals surface area contributed by atoms with Crippen molar-refractivity contribution < 1.29 is 9.47 Å². The lowest BCUT2D eigenvalue weighted by Crippen LogP contribution is -2.01. The van der Waals surface area contributed by atoms with Gasteiger partial charge in [-0.25, -0.2) is 4.98 Å². The number of aryl methyl sites for hydroxylation is 1. The van der Waals surface area contributed by atoms with E-state index in [1.165, 1.54) is 0 Å². The first kappa shape index (κ1) is 16.1. The second kappa shape index (κ2) is 7.21. The number of nitrogens with one attached hydrogen (secondary N) is 1. The lowest BCUT2D eigenvalue weighted by Gasteiger charge is -2.15. The van der Waals surface area contributed by atoms with Gasteiger partial charge >= 0.3 is 0 Å². The van der Waals surface area contributed by atoms with Crippen molar-refractivity contribution >= 4 is 22.3 Å². The zero-order valence-electron chi connectivity index (χ0n) is 14.3. The van der Waals surface area contributed by atoms with Gasteiger partial charge in [-0.2, -0.15) is 0 Å². The summed E-state index contributed by atoms with van der Waals surface area (Å²) in [6, 6.07) is 16.0. The van der Waals surface area contributed by atoms with Crippen molar-refractivity contribution in [1.82, 2.24) is 4.98 Å². The average Bonchev–Trinajstić information content (AvgIpc) is 2.60. The highest BCUT2D eigenvalue weighted by atomic mass is 16.5. The second-order valence-electron chi connectivity index (χ2n) is 5.64. The van der Waals surface area contributed by atoms with Crippen LogP contribution in [0.5, 0.6) is 11.5 Å². The smallest absolute Gasteiger partial charge is 0.145 e. The molecule has 3 aromatic rings. The van der Waals surface area contributed by atoms with E-state index in [2.05, 4.69) is 17.2 Å². The van der Waals surface area contributed by atoms with Crippen molar-refractivity contribution in [3.05, 3.63) is 54.2 Å². The Kier molecular flexibility index (Phi) is 4.85. The highest BCUT2D eigenvalue weighted by Crippen LogP contribution is 2.34. The fraction of sp³-hybridized carbons (Fsp3) is 0.250. The zero-order chi connectivity index (χ0) is 16.9. The highest BCUT2D eigenvalue weighted by molar-refractivity contribution is 5.96. The number of ether oxygens (including phenoxy) is 2. The van der Waals surface area contributed by atoms with Crippen molar-refractivity contribution in [1.29, 1.82) is 0 Å². The number of rotatable bonds is 6. The van der Waals surface area contributed by atoms with Crippen LogP contribution in [0.1, 0.15) is 19.0 Å². The van der Waals surface area contributed by atoms with E-state index in [-0.39, 0.29) is 0 Å². The van der Waals surface area contributed by atoms with Gasteiger partial charge in [0.1, 0.15) is 17.0 Å². The van der Waals surface area contributed by atoms with Crippen molar-refractivity contribution in [2.24, 2.45) is 0 Å². The van der Waals surface area contributed by atoms with Gasteiger partial charge in [-0.15, -0.1) is 0 Å². The number of para-hydroxylation sites is 3. The minimum absolute atomic E-state index is 0.697. The molecule has 0 saturated carbocycles. The maximum atomic E-state index is 5.84. The summed E-state index contributed by atoms with van der Waals surface area (Å²) in [6.07, 6.45) is 0.975. The third kappa shape index (κ3) is 3.27. The Balaban J connectivity index is 2.05. The number of fused-ring (bicyclic) bond motifs is 1.